The van der Waals surface area contributed by atoms with Gasteiger partial charge in [-0.3, -0.25) is 0 Å². The van der Waals surface area contributed by atoms with Gasteiger partial charge in [-0.2, -0.15) is 0 Å². The van der Waals surface area contributed by atoms with Gasteiger partial charge in [0.05, 0.1) is 6.10 Å². The molecule has 0 bridgehead atoms. The maximum Gasteiger partial charge on any atom is 0.225 e. The highest BCUT2D eigenvalue weighted by molar-refractivity contribution is 5.57. The summed E-state index contributed by atoms with van der Waals surface area (Å²) >= 11 is 0. The van der Waals surface area contributed by atoms with Crippen molar-refractivity contribution in [1.82, 2.24) is 15.0 Å². The van der Waals surface area contributed by atoms with Gasteiger partial charge in [0.2, 0.25) is 5.95 Å². The standard InChI is InChI=1S/C13H16N4O/c18-11-3-2-6-17(9-11)13-15-7-10(8-16-13)12-4-1-5-14-12/h1,4-5,7-8,11,14,18H,2-3,6,9H2. The molecule has 94 valence electrons. The molecule has 1 atom stereocenters. The highest BCUT2D eigenvalue weighted by atomic mass is 16.3. The number of nitrogens with one attached hydrogen (secondary N) is 1. The topological polar surface area (TPSA) is 65.0 Å². The highest BCUT2D eigenvalue weighted by Gasteiger charge is 2.19. The number of piperidine rings is 1. The van der Waals surface area contributed by atoms with Gasteiger partial charge in [0.15, 0.2) is 0 Å². The van der Waals surface area contributed by atoms with Crippen LogP contribution in [-0.2, 0) is 0 Å². The van der Waals surface area contributed by atoms with Crippen LogP contribution in [0.1, 0.15) is 12.8 Å². The fraction of sp³-hybridized carbons (Fsp3) is 0.385. The number of nitrogens with zero attached hydrogens (tertiary/aromatic N) is 3. The number of H-pyrrole nitrogens is 1. The molecular weight excluding hydrogens is 228 g/mol. The SMILES string of the molecule is OC1CCCN(c2ncc(-c3ccc[nH]3)cn2)C1. The Balaban J connectivity index is 1.78. The first-order valence-electron chi connectivity index (χ1n) is 6.22. The molecule has 0 saturated carbocycles. The molecule has 0 aliphatic carbocycles. The number of anilines is 1. The van der Waals surface area contributed by atoms with Crippen LogP contribution in [0, 0.1) is 0 Å². The van der Waals surface area contributed by atoms with Crippen LogP contribution in [0.4, 0.5) is 5.95 Å². The molecule has 2 aromatic heterocycles. The van der Waals surface area contributed by atoms with Crippen molar-refractivity contribution in [2.75, 3.05) is 18.0 Å². The lowest BCUT2D eigenvalue weighted by Crippen LogP contribution is -2.39. The summed E-state index contributed by atoms with van der Waals surface area (Å²) in [5.74, 6) is 0.698. The zero-order valence-electron chi connectivity index (χ0n) is 10.1. The van der Waals surface area contributed by atoms with Gasteiger partial charge in [-0.25, -0.2) is 9.97 Å². The number of aliphatic hydroxyl groups excluding tert-OH is 1. The largest absolute Gasteiger partial charge is 0.391 e. The summed E-state index contributed by atoms with van der Waals surface area (Å²) in [5.41, 5.74) is 1.99. The van der Waals surface area contributed by atoms with Gasteiger partial charge in [0.1, 0.15) is 0 Å². The molecule has 1 aliphatic heterocycles. The molecule has 2 N–H and O–H groups in total. The molecule has 5 nitrogen and oxygen atoms in total. The number of aromatic nitrogens is 3. The number of β-amino-alcohol motifs (C(OH)–C–C–N with tert-alkyl or cyclic N) is 1. The molecule has 0 amide bonds. The molecule has 3 rings (SSSR count). The van der Waals surface area contributed by atoms with Gasteiger partial charge in [-0.05, 0) is 25.0 Å². The molecule has 3 heterocycles. The Kier molecular flexibility index (Phi) is 2.98. The normalized spacial score (nSPS) is 20.1. The van der Waals surface area contributed by atoms with Gasteiger partial charge in [-0.15, -0.1) is 0 Å². The molecule has 18 heavy (non-hydrogen) atoms. The quantitative estimate of drug-likeness (QED) is 0.838. The molecule has 1 saturated heterocycles. The van der Waals surface area contributed by atoms with Gasteiger partial charge < -0.3 is 15.0 Å². The molecule has 1 fully saturated rings. The Morgan fingerprint density at radius 3 is 2.83 bits per heavy atom. The summed E-state index contributed by atoms with van der Waals surface area (Å²) in [6.45, 7) is 1.54. The second-order valence-electron chi connectivity index (χ2n) is 4.60. The second kappa shape index (κ2) is 4.78. The van der Waals surface area contributed by atoms with Crippen molar-refractivity contribution in [3.8, 4) is 11.3 Å². The fourth-order valence-corrected chi connectivity index (χ4v) is 2.27. The Morgan fingerprint density at radius 2 is 2.17 bits per heavy atom. The van der Waals surface area contributed by atoms with E-state index in [4.69, 9.17) is 0 Å². The van der Waals surface area contributed by atoms with E-state index in [1.165, 1.54) is 0 Å². The molecule has 0 aromatic carbocycles. The van der Waals surface area contributed by atoms with Crippen molar-refractivity contribution in [3.63, 3.8) is 0 Å². The van der Waals surface area contributed by atoms with Crippen molar-refractivity contribution in [3.05, 3.63) is 30.7 Å². The number of hydrogen-bond acceptors (Lipinski definition) is 4. The van der Waals surface area contributed by atoms with Crippen LogP contribution in [-0.4, -0.2) is 39.3 Å². The smallest absolute Gasteiger partial charge is 0.225 e. The summed E-state index contributed by atoms with van der Waals surface area (Å²) in [6, 6.07) is 3.94. The van der Waals surface area contributed by atoms with Crippen molar-refractivity contribution < 1.29 is 5.11 Å². The van der Waals surface area contributed by atoms with E-state index in [1.807, 2.05) is 35.6 Å². The third kappa shape index (κ3) is 2.22. The van der Waals surface area contributed by atoms with Crippen LogP contribution in [0.25, 0.3) is 11.3 Å². The van der Waals surface area contributed by atoms with Gasteiger partial charge in [-0.1, -0.05) is 0 Å². The number of rotatable bonds is 2. The highest BCUT2D eigenvalue weighted by Crippen LogP contribution is 2.19. The van der Waals surface area contributed by atoms with Crippen molar-refractivity contribution >= 4 is 5.95 Å². The summed E-state index contributed by atoms with van der Waals surface area (Å²) in [7, 11) is 0. The predicted molar refractivity (Wildman–Crippen MR) is 69.3 cm³/mol. The minimum atomic E-state index is -0.259. The number of aliphatic hydroxyl groups is 1. The number of hydrogen-bond donors (Lipinski definition) is 2. The lowest BCUT2D eigenvalue weighted by molar-refractivity contribution is 0.153. The van der Waals surface area contributed by atoms with Gasteiger partial charge >= 0.3 is 0 Å². The maximum atomic E-state index is 9.64. The Labute approximate surface area is 106 Å². The van der Waals surface area contributed by atoms with Crippen LogP contribution in [0.5, 0.6) is 0 Å². The third-order valence-electron chi connectivity index (χ3n) is 3.23. The zero-order valence-corrected chi connectivity index (χ0v) is 10.1. The van der Waals surface area contributed by atoms with E-state index in [0.717, 1.165) is 30.6 Å². The van der Waals surface area contributed by atoms with Gasteiger partial charge in [0, 0.05) is 42.9 Å². The number of aromatic amines is 1. The molecule has 0 radical (unpaired) electrons. The Morgan fingerprint density at radius 1 is 1.33 bits per heavy atom. The minimum absolute atomic E-state index is 0.259. The second-order valence-corrected chi connectivity index (χ2v) is 4.60. The molecule has 2 aromatic rings. The van der Waals surface area contributed by atoms with E-state index >= 15 is 0 Å². The minimum Gasteiger partial charge on any atom is -0.391 e. The summed E-state index contributed by atoms with van der Waals surface area (Å²) < 4.78 is 0. The first-order valence-corrected chi connectivity index (χ1v) is 6.22. The third-order valence-corrected chi connectivity index (χ3v) is 3.23. The van der Waals surface area contributed by atoms with E-state index in [2.05, 4.69) is 15.0 Å². The molecular formula is C13H16N4O. The summed E-state index contributed by atoms with van der Waals surface area (Å²) in [6.07, 6.45) is 7.11. The first kappa shape index (κ1) is 11.2. The zero-order chi connectivity index (χ0) is 12.4. The van der Waals surface area contributed by atoms with E-state index < -0.39 is 0 Å². The lowest BCUT2D eigenvalue weighted by Gasteiger charge is -2.29. The van der Waals surface area contributed by atoms with Crippen LogP contribution in [0.15, 0.2) is 30.7 Å². The van der Waals surface area contributed by atoms with Crippen LogP contribution in [0.2, 0.25) is 0 Å². The van der Waals surface area contributed by atoms with Crippen molar-refractivity contribution in [2.24, 2.45) is 0 Å². The lowest BCUT2D eigenvalue weighted by atomic mass is 10.1. The fourth-order valence-electron chi connectivity index (χ4n) is 2.27. The molecule has 1 aliphatic rings. The summed E-state index contributed by atoms with van der Waals surface area (Å²) in [5, 5.41) is 9.64. The van der Waals surface area contributed by atoms with E-state index in [1.54, 1.807) is 0 Å². The van der Waals surface area contributed by atoms with Crippen molar-refractivity contribution in [2.45, 2.75) is 18.9 Å². The van der Waals surface area contributed by atoms with Gasteiger partial charge in [0.25, 0.3) is 0 Å². The average Bonchev–Trinajstić information content (AvgIpc) is 2.93. The van der Waals surface area contributed by atoms with E-state index in [-0.39, 0.29) is 6.10 Å². The van der Waals surface area contributed by atoms with Crippen LogP contribution in [0.3, 0.4) is 0 Å². The van der Waals surface area contributed by atoms with E-state index in [0.29, 0.717) is 12.5 Å². The molecule has 0 spiro atoms. The monoisotopic (exact) mass is 244 g/mol. The molecule has 5 heteroatoms. The average molecular weight is 244 g/mol. The maximum absolute atomic E-state index is 9.64. The van der Waals surface area contributed by atoms with E-state index in [9.17, 15) is 5.11 Å². The van der Waals surface area contributed by atoms with Crippen molar-refractivity contribution in [1.29, 1.82) is 0 Å². The Bertz CT molecular complexity index is 494. The predicted octanol–water partition coefficient (Wildman–Crippen LogP) is 1.43. The van der Waals surface area contributed by atoms with Crippen LogP contribution >= 0.6 is 0 Å². The molecule has 1 unspecified atom stereocenters. The first-order chi connectivity index (χ1) is 8.83. The summed E-state index contributed by atoms with van der Waals surface area (Å²) in [4.78, 5) is 13.9. The Hall–Kier alpha value is -1.88. The van der Waals surface area contributed by atoms with Crippen LogP contribution < -0.4 is 4.90 Å².